The molecule has 3 nitrogen and oxygen atoms in total. The molecule has 0 spiro atoms. The zero-order chi connectivity index (χ0) is 13.8. The van der Waals surface area contributed by atoms with Crippen LogP contribution < -0.4 is 14.8 Å². The molecular formula is C17H19NO2. The predicted octanol–water partition coefficient (Wildman–Crippen LogP) is 3.31. The molecule has 2 aromatic rings. The average Bonchev–Trinajstić information content (AvgIpc) is 2.53. The van der Waals surface area contributed by atoms with E-state index < -0.39 is 0 Å². The lowest BCUT2D eigenvalue weighted by Gasteiger charge is -2.19. The summed E-state index contributed by atoms with van der Waals surface area (Å²) in [6.45, 7) is 4.25. The van der Waals surface area contributed by atoms with Crippen molar-refractivity contribution in [1.82, 2.24) is 5.32 Å². The highest BCUT2D eigenvalue weighted by Gasteiger charge is 2.12. The fourth-order valence-corrected chi connectivity index (χ4v) is 2.33. The third-order valence-electron chi connectivity index (χ3n) is 3.52. The molecule has 1 aliphatic rings. The second kappa shape index (κ2) is 5.97. The third-order valence-corrected chi connectivity index (χ3v) is 3.52. The summed E-state index contributed by atoms with van der Waals surface area (Å²) in [6.07, 6.45) is 0. The molecule has 3 heteroatoms. The van der Waals surface area contributed by atoms with Gasteiger partial charge in [-0.15, -0.1) is 0 Å². The Morgan fingerprint density at radius 2 is 1.75 bits per heavy atom. The van der Waals surface area contributed by atoms with Gasteiger partial charge in [0.25, 0.3) is 0 Å². The quantitative estimate of drug-likeness (QED) is 0.923. The Morgan fingerprint density at radius 3 is 2.55 bits per heavy atom. The van der Waals surface area contributed by atoms with Crippen molar-refractivity contribution in [2.24, 2.45) is 0 Å². The molecule has 1 N–H and O–H groups in total. The minimum absolute atomic E-state index is 0.324. The van der Waals surface area contributed by atoms with Crippen molar-refractivity contribution in [3.63, 3.8) is 0 Å². The van der Waals surface area contributed by atoms with Crippen molar-refractivity contribution < 1.29 is 9.47 Å². The molecule has 2 aromatic carbocycles. The summed E-state index contributed by atoms with van der Waals surface area (Å²) in [4.78, 5) is 0. The summed E-state index contributed by atoms with van der Waals surface area (Å²) in [5.41, 5.74) is 2.50. The first kappa shape index (κ1) is 13.0. The Morgan fingerprint density at radius 1 is 1.00 bits per heavy atom. The molecule has 0 fully saturated rings. The zero-order valence-corrected chi connectivity index (χ0v) is 11.6. The van der Waals surface area contributed by atoms with Crippen LogP contribution in [-0.2, 0) is 6.54 Å². The Bertz CT molecular complexity index is 568. The van der Waals surface area contributed by atoms with Crippen molar-refractivity contribution >= 4 is 0 Å². The number of fused-ring (bicyclic) bond motifs is 1. The van der Waals surface area contributed by atoms with Crippen LogP contribution in [0.3, 0.4) is 0 Å². The van der Waals surface area contributed by atoms with Crippen LogP contribution in [0.2, 0.25) is 0 Å². The highest BCUT2D eigenvalue weighted by molar-refractivity contribution is 5.43. The molecule has 104 valence electrons. The Hall–Kier alpha value is -2.00. The molecule has 0 saturated heterocycles. The van der Waals surface area contributed by atoms with E-state index in [0.29, 0.717) is 19.3 Å². The fraction of sp³-hybridized carbons (Fsp3) is 0.294. The van der Waals surface area contributed by atoms with Gasteiger partial charge in [0, 0.05) is 12.6 Å². The van der Waals surface area contributed by atoms with Crippen LogP contribution in [0.25, 0.3) is 0 Å². The van der Waals surface area contributed by atoms with E-state index in [1.54, 1.807) is 0 Å². The molecule has 0 amide bonds. The number of hydrogen-bond donors (Lipinski definition) is 1. The Labute approximate surface area is 119 Å². The van der Waals surface area contributed by atoms with Crippen molar-refractivity contribution in [3.05, 3.63) is 59.7 Å². The second-order valence-electron chi connectivity index (χ2n) is 4.99. The summed E-state index contributed by atoms with van der Waals surface area (Å²) >= 11 is 0. The van der Waals surface area contributed by atoms with E-state index in [0.717, 1.165) is 18.0 Å². The van der Waals surface area contributed by atoms with Crippen molar-refractivity contribution in [3.8, 4) is 11.5 Å². The molecular weight excluding hydrogens is 250 g/mol. The number of hydrogen-bond acceptors (Lipinski definition) is 3. The van der Waals surface area contributed by atoms with Gasteiger partial charge in [-0.3, -0.25) is 0 Å². The monoisotopic (exact) mass is 269 g/mol. The topological polar surface area (TPSA) is 30.5 Å². The summed E-state index contributed by atoms with van der Waals surface area (Å²) in [7, 11) is 0. The zero-order valence-electron chi connectivity index (χ0n) is 11.6. The highest BCUT2D eigenvalue weighted by Crippen LogP contribution is 2.30. The lowest BCUT2D eigenvalue weighted by atomic mass is 10.1. The normalized spacial score (nSPS) is 14.8. The largest absolute Gasteiger partial charge is 0.486 e. The third kappa shape index (κ3) is 2.94. The van der Waals surface area contributed by atoms with Crippen LogP contribution in [-0.4, -0.2) is 13.2 Å². The molecule has 0 aromatic heterocycles. The van der Waals surface area contributed by atoms with Crippen LogP contribution in [0.15, 0.2) is 48.5 Å². The van der Waals surface area contributed by atoms with Gasteiger partial charge in [-0.2, -0.15) is 0 Å². The first-order valence-corrected chi connectivity index (χ1v) is 7.00. The van der Waals surface area contributed by atoms with E-state index in [9.17, 15) is 0 Å². The van der Waals surface area contributed by atoms with Crippen LogP contribution in [0.5, 0.6) is 11.5 Å². The Balaban J connectivity index is 1.64. The maximum atomic E-state index is 5.60. The van der Waals surface area contributed by atoms with Crippen molar-refractivity contribution in [1.29, 1.82) is 0 Å². The van der Waals surface area contributed by atoms with E-state index >= 15 is 0 Å². The van der Waals surface area contributed by atoms with Crippen LogP contribution in [0.4, 0.5) is 0 Å². The molecule has 0 saturated carbocycles. The lowest BCUT2D eigenvalue weighted by molar-refractivity contribution is 0.171. The molecule has 0 aliphatic carbocycles. The number of benzene rings is 2. The van der Waals surface area contributed by atoms with Crippen LogP contribution in [0.1, 0.15) is 24.1 Å². The summed E-state index contributed by atoms with van der Waals surface area (Å²) in [5, 5.41) is 3.53. The van der Waals surface area contributed by atoms with Gasteiger partial charge >= 0.3 is 0 Å². The number of ether oxygens (including phenoxy) is 2. The van der Waals surface area contributed by atoms with Gasteiger partial charge in [0.1, 0.15) is 13.2 Å². The van der Waals surface area contributed by atoms with Crippen molar-refractivity contribution in [2.45, 2.75) is 19.5 Å². The van der Waals surface area contributed by atoms with Gasteiger partial charge in [0.2, 0.25) is 0 Å². The smallest absolute Gasteiger partial charge is 0.161 e. The molecule has 1 atom stereocenters. The summed E-state index contributed by atoms with van der Waals surface area (Å²) < 4.78 is 11.1. The first-order chi connectivity index (χ1) is 9.83. The van der Waals surface area contributed by atoms with E-state index in [1.807, 2.05) is 12.1 Å². The predicted molar refractivity (Wildman–Crippen MR) is 79.1 cm³/mol. The van der Waals surface area contributed by atoms with Gasteiger partial charge in [0.15, 0.2) is 11.5 Å². The minimum atomic E-state index is 0.324. The number of nitrogens with one attached hydrogen (secondary N) is 1. The highest BCUT2D eigenvalue weighted by atomic mass is 16.6. The van der Waals surface area contributed by atoms with Gasteiger partial charge in [-0.25, -0.2) is 0 Å². The maximum Gasteiger partial charge on any atom is 0.161 e. The van der Waals surface area contributed by atoms with E-state index in [2.05, 4.69) is 48.6 Å². The van der Waals surface area contributed by atoms with E-state index in [-0.39, 0.29) is 0 Å². The van der Waals surface area contributed by atoms with Gasteiger partial charge < -0.3 is 14.8 Å². The van der Waals surface area contributed by atoms with Crippen LogP contribution in [0, 0.1) is 0 Å². The molecule has 0 radical (unpaired) electrons. The summed E-state index contributed by atoms with van der Waals surface area (Å²) in [5.74, 6) is 1.69. The standard InChI is InChI=1S/C17H19NO2/c1-13(15-5-3-2-4-6-15)18-12-14-7-8-16-17(11-14)20-10-9-19-16/h2-8,11,13,18H,9-10,12H2,1H3/t13-/m1/s1. The molecule has 0 bridgehead atoms. The molecule has 1 aliphatic heterocycles. The second-order valence-corrected chi connectivity index (χ2v) is 4.99. The van der Waals surface area contributed by atoms with E-state index in [4.69, 9.17) is 9.47 Å². The SMILES string of the molecule is C[C@@H](NCc1ccc2c(c1)OCCO2)c1ccccc1. The van der Waals surface area contributed by atoms with E-state index in [1.165, 1.54) is 11.1 Å². The summed E-state index contributed by atoms with van der Waals surface area (Å²) in [6, 6.07) is 16.9. The molecule has 1 heterocycles. The fourth-order valence-electron chi connectivity index (χ4n) is 2.33. The lowest BCUT2D eigenvalue weighted by Crippen LogP contribution is -2.19. The number of rotatable bonds is 4. The molecule has 20 heavy (non-hydrogen) atoms. The maximum absolute atomic E-state index is 5.60. The molecule has 3 rings (SSSR count). The van der Waals surface area contributed by atoms with Crippen molar-refractivity contribution in [2.75, 3.05) is 13.2 Å². The first-order valence-electron chi connectivity index (χ1n) is 7.00. The van der Waals surface area contributed by atoms with Crippen LogP contribution >= 0.6 is 0 Å². The minimum Gasteiger partial charge on any atom is -0.486 e. The average molecular weight is 269 g/mol. The van der Waals surface area contributed by atoms with Gasteiger partial charge in [-0.05, 0) is 30.2 Å². The van der Waals surface area contributed by atoms with Gasteiger partial charge in [-0.1, -0.05) is 36.4 Å². The Kier molecular flexibility index (Phi) is 3.88. The molecule has 0 unspecified atom stereocenters. The van der Waals surface area contributed by atoms with Gasteiger partial charge in [0.05, 0.1) is 0 Å².